The van der Waals surface area contributed by atoms with Crippen LogP contribution in [0.5, 0.6) is 11.5 Å². The van der Waals surface area contributed by atoms with Gasteiger partial charge in [0.05, 0.1) is 19.2 Å². The van der Waals surface area contributed by atoms with Gasteiger partial charge in [-0.05, 0) is 30.2 Å². The van der Waals surface area contributed by atoms with Crippen molar-refractivity contribution < 1.29 is 18.3 Å². The number of benzene rings is 2. The Morgan fingerprint density at radius 2 is 1.93 bits per heavy atom. The molecule has 2 aromatic carbocycles. The molecule has 1 aliphatic heterocycles. The highest BCUT2D eigenvalue weighted by Crippen LogP contribution is 2.40. The second kappa shape index (κ2) is 7.22. The van der Waals surface area contributed by atoms with Gasteiger partial charge in [-0.25, -0.2) is 4.68 Å². The first kappa shape index (κ1) is 17.3. The van der Waals surface area contributed by atoms with Gasteiger partial charge in [-0.2, -0.15) is 18.9 Å². The number of rotatable bonds is 5. The SMILES string of the molecule is COc1ccc(C2CC(c3ccccc3OC(F)F)n3ncnc3N2)cc1. The minimum absolute atomic E-state index is 0.0581. The van der Waals surface area contributed by atoms with Gasteiger partial charge in [0.2, 0.25) is 5.95 Å². The second-order valence-electron chi connectivity index (χ2n) is 6.17. The molecular formula is C19H18F2N4O2. The highest BCUT2D eigenvalue weighted by molar-refractivity contribution is 5.43. The van der Waals surface area contributed by atoms with Crippen molar-refractivity contribution in [1.82, 2.24) is 14.8 Å². The second-order valence-corrected chi connectivity index (χ2v) is 6.17. The Bertz CT molecular complexity index is 914. The third-order valence-corrected chi connectivity index (χ3v) is 4.64. The number of alkyl halides is 2. The highest BCUT2D eigenvalue weighted by Gasteiger charge is 2.32. The summed E-state index contributed by atoms with van der Waals surface area (Å²) in [7, 11) is 1.62. The number of methoxy groups -OCH3 is 1. The molecule has 0 aliphatic carbocycles. The first-order chi connectivity index (χ1) is 13.2. The van der Waals surface area contributed by atoms with Gasteiger partial charge < -0.3 is 14.8 Å². The van der Waals surface area contributed by atoms with Crippen LogP contribution in [-0.2, 0) is 0 Å². The maximum absolute atomic E-state index is 12.8. The molecule has 0 fully saturated rings. The molecule has 4 rings (SSSR count). The molecule has 0 saturated heterocycles. The smallest absolute Gasteiger partial charge is 0.387 e. The number of anilines is 1. The van der Waals surface area contributed by atoms with Gasteiger partial charge in [0.25, 0.3) is 0 Å². The summed E-state index contributed by atoms with van der Waals surface area (Å²) in [5.74, 6) is 1.50. The standard InChI is InChI=1S/C19H18F2N4O2/c1-26-13-8-6-12(7-9-13)15-10-16(25-19(24-15)22-11-23-25)14-4-2-3-5-17(14)27-18(20)21/h2-9,11,15-16,18H,10H2,1H3,(H,22,23,24). The van der Waals surface area contributed by atoms with Crippen LogP contribution in [0.1, 0.15) is 29.6 Å². The lowest BCUT2D eigenvalue weighted by molar-refractivity contribution is -0.0507. The van der Waals surface area contributed by atoms with E-state index in [1.54, 1.807) is 36.1 Å². The van der Waals surface area contributed by atoms with Crippen molar-refractivity contribution in [2.45, 2.75) is 25.1 Å². The van der Waals surface area contributed by atoms with Gasteiger partial charge in [-0.3, -0.25) is 0 Å². The number of fused-ring (bicyclic) bond motifs is 1. The van der Waals surface area contributed by atoms with Crippen molar-refractivity contribution in [3.05, 3.63) is 66.0 Å². The number of para-hydroxylation sites is 1. The molecule has 0 radical (unpaired) electrons. The number of nitrogens with zero attached hydrogens (tertiary/aromatic N) is 3. The molecule has 8 heteroatoms. The van der Waals surface area contributed by atoms with Crippen molar-refractivity contribution in [3.8, 4) is 11.5 Å². The summed E-state index contributed by atoms with van der Waals surface area (Å²) in [6.07, 6.45) is 2.05. The summed E-state index contributed by atoms with van der Waals surface area (Å²) in [6.45, 7) is -2.89. The van der Waals surface area contributed by atoms with E-state index in [9.17, 15) is 8.78 Å². The predicted molar refractivity (Wildman–Crippen MR) is 95.2 cm³/mol. The van der Waals surface area contributed by atoms with E-state index in [0.29, 0.717) is 17.9 Å². The van der Waals surface area contributed by atoms with Crippen molar-refractivity contribution >= 4 is 5.95 Å². The summed E-state index contributed by atoms with van der Waals surface area (Å²) >= 11 is 0. The van der Waals surface area contributed by atoms with E-state index in [0.717, 1.165) is 11.3 Å². The third-order valence-electron chi connectivity index (χ3n) is 4.64. The first-order valence-corrected chi connectivity index (χ1v) is 8.49. The number of halogens is 2. The van der Waals surface area contributed by atoms with E-state index >= 15 is 0 Å². The van der Waals surface area contributed by atoms with Gasteiger partial charge in [-0.1, -0.05) is 30.3 Å². The van der Waals surface area contributed by atoms with Crippen LogP contribution in [-0.4, -0.2) is 28.5 Å². The molecule has 1 aromatic heterocycles. The Balaban J connectivity index is 1.70. The Morgan fingerprint density at radius 3 is 2.67 bits per heavy atom. The topological polar surface area (TPSA) is 61.2 Å². The summed E-state index contributed by atoms with van der Waals surface area (Å²) in [6, 6.07) is 14.2. The lowest BCUT2D eigenvalue weighted by Gasteiger charge is -2.32. The van der Waals surface area contributed by atoms with Crippen LogP contribution in [0.25, 0.3) is 0 Å². The van der Waals surface area contributed by atoms with Crippen LogP contribution in [0.2, 0.25) is 0 Å². The Labute approximate surface area is 154 Å². The quantitative estimate of drug-likeness (QED) is 0.733. The average molecular weight is 372 g/mol. The molecule has 1 N–H and O–H groups in total. The van der Waals surface area contributed by atoms with Crippen LogP contribution in [0, 0.1) is 0 Å². The van der Waals surface area contributed by atoms with E-state index in [-0.39, 0.29) is 17.8 Å². The fourth-order valence-corrected chi connectivity index (χ4v) is 3.39. The molecule has 0 bridgehead atoms. The van der Waals surface area contributed by atoms with E-state index < -0.39 is 6.61 Å². The monoisotopic (exact) mass is 372 g/mol. The average Bonchev–Trinajstić information content (AvgIpc) is 3.16. The highest BCUT2D eigenvalue weighted by atomic mass is 19.3. The summed E-state index contributed by atoms with van der Waals surface area (Å²) in [5.41, 5.74) is 1.69. The predicted octanol–water partition coefficient (Wildman–Crippen LogP) is 4.03. The zero-order valence-electron chi connectivity index (χ0n) is 14.5. The zero-order valence-corrected chi connectivity index (χ0v) is 14.5. The number of ether oxygens (including phenoxy) is 2. The van der Waals surface area contributed by atoms with E-state index in [4.69, 9.17) is 9.47 Å². The normalized spacial score (nSPS) is 18.7. The molecule has 6 nitrogen and oxygen atoms in total. The Hall–Kier alpha value is -3.16. The molecular weight excluding hydrogens is 354 g/mol. The third kappa shape index (κ3) is 3.42. The van der Waals surface area contributed by atoms with Crippen molar-refractivity contribution in [3.63, 3.8) is 0 Å². The lowest BCUT2D eigenvalue weighted by Crippen LogP contribution is -2.28. The van der Waals surface area contributed by atoms with Crippen LogP contribution in [0.4, 0.5) is 14.7 Å². The van der Waals surface area contributed by atoms with Gasteiger partial charge in [0, 0.05) is 5.56 Å². The lowest BCUT2D eigenvalue weighted by atomic mass is 9.93. The molecule has 2 unspecified atom stereocenters. The van der Waals surface area contributed by atoms with E-state index in [1.807, 2.05) is 24.3 Å². The minimum atomic E-state index is -2.89. The molecule has 0 saturated carbocycles. The van der Waals surface area contributed by atoms with Crippen LogP contribution < -0.4 is 14.8 Å². The summed E-state index contributed by atoms with van der Waals surface area (Å²) in [4.78, 5) is 4.26. The molecule has 0 amide bonds. The first-order valence-electron chi connectivity index (χ1n) is 8.49. The van der Waals surface area contributed by atoms with Gasteiger partial charge >= 0.3 is 6.61 Å². The zero-order chi connectivity index (χ0) is 18.8. The van der Waals surface area contributed by atoms with E-state index in [2.05, 4.69) is 15.4 Å². The molecule has 2 atom stereocenters. The number of hydrogen-bond acceptors (Lipinski definition) is 5. The van der Waals surface area contributed by atoms with Crippen LogP contribution in [0.15, 0.2) is 54.9 Å². The maximum Gasteiger partial charge on any atom is 0.387 e. The molecule has 27 heavy (non-hydrogen) atoms. The molecule has 3 aromatic rings. The molecule has 1 aliphatic rings. The Kier molecular flexibility index (Phi) is 4.62. The Morgan fingerprint density at radius 1 is 1.15 bits per heavy atom. The summed E-state index contributed by atoms with van der Waals surface area (Å²) < 4.78 is 37.3. The number of aromatic nitrogens is 3. The van der Waals surface area contributed by atoms with Crippen molar-refractivity contribution in [1.29, 1.82) is 0 Å². The van der Waals surface area contributed by atoms with Crippen molar-refractivity contribution in [2.24, 2.45) is 0 Å². The van der Waals surface area contributed by atoms with Gasteiger partial charge in [0.1, 0.15) is 17.8 Å². The molecule has 140 valence electrons. The minimum Gasteiger partial charge on any atom is -0.497 e. The van der Waals surface area contributed by atoms with Gasteiger partial charge in [-0.15, -0.1) is 0 Å². The van der Waals surface area contributed by atoms with Crippen LogP contribution >= 0.6 is 0 Å². The number of hydrogen-bond donors (Lipinski definition) is 1. The number of nitrogens with one attached hydrogen (secondary N) is 1. The molecule has 0 spiro atoms. The van der Waals surface area contributed by atoms with E-state index in [1.165, 1.54) is 6.33 Å². The van der Waals surface area contributed by atoms with Gasteiger partial charge in [0.15, 0.2) is 0 Å². The fraction of sp³-hybridized carbons (Fsp3) is 0.263. The summed E-state index contributed by atoms with van der Waals surface area (Å²) in [5, 5.41) is 7.62. The van der Waals surface area contributed by atoms with Crippen molar-refractivity contribution in [2.75, 3.05) is 12.4 Å². The molecule has 2 heterocycles. The largest absolute Gasteiger partial charge is 0.497 e. The fourth-order valence-electron chi connectivity index (χ4n) is 3.39. The van der Waals surface area contributed by atoms with Crippen LogP contribution in [0.3, 0.4) is 0 Å². The maximum atomic E-state index is 12.8.